The maximum absolute atomic E-state index is 9.97. The number of amides is 1. The first-order valence-electron chi connectivity index (χ1n) is 14.8. The van der Waals surface area contributed by atoms with E-state index in [-0.39, 0.29) is 12.5 Å². The number of nitrogens with zero attached hydrogens (tertiary/aromatic N) is 2. The van der Waals surface area contributed by atoms with Gasteiger partial charge in [-0.2, -0.15) is 0 Å². The molecular weight excluding hydrogens is 545 g/mol. The quantitative estimate of drug-likeness (QED) is 0.230. The molecule has 0 bridgehead atoms. The third-order valence-corrected chi connectivity index (χ3v) is 10.7. The van der Waals surface area contributed by atoms with Crippen LogP contribution in [0.1, 0.15) is 107 Å². The summed E-state index contributed by atoms with van der Waals surface area (Å²) in [5.74, 6) is -3.52. The lowest BCUT2D eigenvalue weighted by atomic mass is 10.4. The van der Waals surface area contributed by atoms with E-state index < -0.39 is 25.2 Å². The SMILES string of the molecule is CC(=O)NCC(=O)O.CC(=O)[O-].CC(=O)[O-].CCCC[P+](CCCC)(CCCC)CCCC.CCn1cc[n+](C)c1. The second-order valence-corrected chi connectivity index (χ2v) is 14.3. The molecule has 0 aliphatic heterocycles. The number of carboxylic acid groups (broad SMARTS) is 3. The summed E-state index contributed by atoms with van der Waals surface area (Å²) in [6.07, 6.45) is 24.1. The van der Waals surface area contributed by atoms with Crippen LogP contribution in [0.2, 0.25) is 0 Å². The van der Waals surface area contributed by atoms with Gasteiger partial charge in [0.25, 0.3) is 0 Å². The topological polar surface area (TPSA) is 155 Å². The average molecular weight is 606 g/mol. The minimum atomic E-state index is -1.08. The summed E-state index contributed by atoms with van der Waals surface area (Å²) >= 11 is 0. The van der Waals surface area contributed by atoms with Gasteiger partial charge in [0, 0.05) is 26.1 Å². The van der Waals surface area contributed by atoms with Crippen LogP contribution in [-0.2, 0) is 32.8 Å². The molecule has 10 nitrogen and oxygen atoms in total. The van der Waals surface area contributed by atoms with Gasteiger partial charge >= 0.3 is 5.97 Å². The number of aliphatic carboxylic acids is 3. The Morgan fingerprint density at radius 1 is 0.780 bits per heavy atom. The summed E-state index contributed by atoms with van der Waals surface area (Å²) in [6.45, 7) is 15.5. The van der Waals surface area contributed by atoms with Gasteiger partial charge in [-0.15, -0.1) is 0 Å². The van der Waals surface area contributed by atoms with Crippen molar-refractivity contribution in [2.24, 2.45) is 7.05 Å². The molecule has 0 unspecified atom stereocenters. The second kappa shape index (κ2) is 32.0. The molecule has 1 aromatic heterocycles. The molecule has 0 saturated carbocycles. The monoisotopic (exact) mass is 605 g/mol. The predicted molar refractivity (Wildman–Crippen MR) is 165 cm³/mol. The average Bonchev–Trinajstić information content (AvgIpc) is 3.32. The van der Waals surface area contributed by atoms with E-state index in [0.717, 1.165) is 20.4 Å². The Hall–Kier alpha value is -2.48. The van der Waals surface area contributed by atoms with Crippen LogP contribution in [0.5, 0.6) is 0 Å². The third-order valence-electron chi connectivity index (χ3n) is 5.62. The van der Waals surface area contributed by atoms with Gasteiger partial charge in [-0.25, -0.2) is 9.13 Å². The molecule has 0 atom stereocenters. The molecule has 0 radical (unpaired) electrons. The highest BCUT2D eigenvalue weighted by molar-refractivity contribution is 7.75. The van der Waals surface area contributed by atoms with Crippen molar-refractivity contribution in [1.82, 2.24) is 9.88 Å². The van der Waals surface area contributed by atoms with E-state index in [9.17, 15) is 9.59 Å². The molecule has 11 heteroatoms. The van der Waals surface area contributed by atoms with Gasteiger partial charge < -0.3 is 30.2 Å². The summed E-state index contributed by atoms with van der Waals surface area (Å²) in [6, 6.07) is 0. The maximum atomic E-state index is 9.97. The number of aromatic nitrogens is 2. The lowest BCUT2D eigenvalue weighted by Crippen LogP contribution is -2.26. The van der Waals surface area contributed by atoms with Gasteiger partial charge in [0.1, 0.15) is 18.9 Å². The summed E-state index contributed by atoms with van der Waals surface area (Å²) in [5.41, 5.74) is 0. The summed E-state index contributed by atoms with van der Waals surface area (Å²) in [5, 5.41) is 27.8. The van der Waals surface area contributed by atoms with Crippen LogP contribution in [-0.4, -0.2) is 64.7 Å². The minimum Gasteiger partial charge on any atom is -0.550 e. The van der Waals surface area contributed by atoms with Gasteiger partial charge in [0.2, 0.25) is 12.2 Å². The van der Waals surface area contributed by atoms with Crippen molar-refractivity contribution in [3.05, 3.63) is 18.7 Å². The summed E-state index contributed by atoms with van der Waals surface area (Å²) in [4.78, 5) is 37.4. The highest BCUT2D eigenvalue weighted by atomic mass is 31.2. The lowest BCUT2D eigenvalue weighted by molar-refractivity contribution is -0.671. The maximum Gasteiger partial charge on any atom is 0.322 e. The van der Waals surface area contributed by atoms with Crippen molar-refractivity contribution in [1.29, 1.82) is 0 Å². The smallest absolute Gasteiger partial charge is 0.322 e. The van der Waals surface area contributed by atoms with Gasteiger partial charge in [-0.05, 0) is 46.5 Å². The predicted octanol–water partition coefficient (Wildman–Crippen LogP) is 3.26. The molecule has 1 rings (SSSR count). The molecule has 41 heavy (non-hydrogen) atoms. The zero-order chi connectivity index (χ0) is 32.7. The fourth-order valence-electron chi connectivity index (χ4n) is 3.53. The molecule has 0 saturated heterocycles. The van der Waals surface area contributed by atoms with E-state index in [1.165, 1.54) is 58.3 Å². The first-order valence-corrected chi connectivity index (χ1v) is 17.4. The van der Waals surface area contributed by atoms with Crippen molar-refractivity contribution in [3.8, 4) is 0 Å². The normalized spacial score (nSPS) is 9.68. The van der Waals surface area contributed by atoms with E-state index in [0.29, 0.717) is 0 Å². The Kier molecular flexibility index (Phi) is 35.6. The zero-order valence-corrected chi connectivity index (χ0v) is 28.3. The fourth-order valence-corrected chi connectivity index (χ4v) is 8.82. The van der Waals surface area contributed by atoms with E-state index in [1.54, 1.807) is 24.6 Å². The molecule has 242 valence electrons. The van der Waals surface area contributed by atoms with Crippen LogP contribution in [0.25, 0.3) is 0 Å². The standard InChI is InChI=1S/C16H36P.C6H11N2.C4H7NO3.2C2H4O2/c1-5-9-13-17(14-10-6-2,15-11-7-3)16-12-8-4;1-3-8-5-4-7(2)6-8;1-3(6)5-2-4(7)8;2*1-2(3)4/h5-16H2,1-4H3;4-6H,3H2,1-2H3;2H2,1H3,(H,5,6)(H,7,8);2*1H3,(H,3,4)/q2*+1;;;/p-2. The Bertz CT molecular complexity index is 714. The fraction of sp³-hybridized carbons (Fsp3) is 0.767. The molecule has 0 aromatic carbocycles. The van der Waals surface area contributed by atoms with Crippen molar-refractivity contribution in [2.45, 2.75) is 113 Å². The van der Waals surface area contributed by atoms with E-state index in [1.807, 2.05) is 17.8 Å². The molecule has 0 spiro atoms. The largest absolute Gasteiger partial charge is 0.550 e. The third kappa shape index (κ3) is 42.1. The van der Waals surface area contributed by atoms with Crippen molar-refractivity contribution >= 4 is 31.1 Å². The van der Waals surface area contributed by atoms with Crippen LogP contribution in [0.15, 0.2) is 18.7 Å². The van der Waals surface area contributed by atoms with Gasteiger partial charge in [0.05, 0.1) is 38.2 Å². The van der Waals surface area contributed by atoms with E-state index in [2.05, 4.69) is 57.0 Å². The number of carboxylic acids is 3. The lowest BCUT2D eigenvalue weighted by Gasteiger charge is -2.28. The first kappa shape index (κ1) is 45.5. The number of aryl methyl sites for hydroxylation is 2. The second-order valence-electron chi connectivity index (χ2n) is 9.85. The van der Waals surface area contributed by atoms with Crippen molar-refractivity contribution in [2.75, 3.05) is 31.2 Å². The summed E-state index contributed by atoms with van der Waals surface area (Å²) in [7, 11) is 1.46. The van der Waals surface area contributed by atoms with Crippen molar-refractivity contribution < 1.29 is 39.1 Å². The van der Waals surface area contributed by atoms with Gasteiger partial charge in [0.15, 0.2) is 0 Å². The van der Waals surface area contributed by atoms with Crippen LogP contribution in [0.4, 0.5) is 0 Å². The number of unbranched alkanes of at least 4 members (excludes halogenated alkanes) is 4. The van der Waals surface area contributed by atoms with Crippen LogP contribution < -0.4 is 20.1 Å². The van der Waals surface area contributed by atoms with E-state index in [4.69, 9.17) is 24.9 Å². The van der Waals surface area contributed by atoms with E-state index >= 15 is 0 Å². The Morgan fingerprint density at radius 2 is 1.12 bits per heavy atom. The number of hydrogen-bond donors (Lipinski definition) is 2. The first-order chi connectivity index (χ1) is 19.2. The minimum absolute atomic E-state index is 0.296. The molecule has 1 amide bonds. The van der Waals surface area contributed by atoms with Crippen molar-refractivity contribution in [3.63, 3.8) is 0 Å². The van der Waals surface area contributed by atoms with Crippen LogP contribution in [0.3, 0.4) is 0 Å². The zero-order valence-electron chi connectivity index (χ0n) is 27.4. The highest BCUT2D eigenvalue weighted by Crippen LogP contribution is 2.61. The molecule has 1 aromatic rings. The number of hydrogen-bond acceptors (Lipinski definition) is 6. The van der Waals surface area contributed by atoms with Crippen LogP contribution >= 0.6 is 7.26 Å². The molecule has 1 heterocycles. The molecule has 0 fully saturated rings. The molecule has 2 N–H and O–H groups in total. The Labute approximate surface area is 250 Å². The number of carbonyl (C=O) groups is 4. The van der Waals surface area contributed by atoms with Crippen LogP contribution in [0, 0.1) is 0 Å². The number of carbonyl (C=O) groups excluding carboxylic acids is 3. The van der Waals surface area contributed by atoms with Gasteiger partial charge in [-0.3, -0.25) is 9.59 Å². The molecular formula is C30H60N3O7P. The molecule has 0 aliphatic carbocycles. The Morgan fingerprint density at radius 3 is 1.27 bits per heavy atom. The number of imidazole rings is 1. The van der Waals surface area contributed by atoms with Gasteiger partial charge in [-0.1, -0.05) is 53.4 Å². The number of nitrogens with one attached hydrogen (secondary N) is 1. The molecule has 0 aliphatic rings. The highest BCUT2D eigenvalue weighted by Gasteiger charge is 2.34. The summed E-state index contributed by atoms with van der Waals surface area (Å²) < 4.78 is 4.16. The number of rotatable bonds is 15. The Balaban J connectivity index is -0.000000237.